The van der Waals surface area contributed by atoms with Gasteiger partial charge in [-0.15, -0.1) is 0 Å². The van der Waals surface area contributed by atoms with Crippen LogP contribution in [0.3, 0.4) is 0 Å². The molecular weight excluding hydrogens is 238 g/mol. The molecule has 0 atom stereocenters. The molecule has 19 heavy (non-hydrogen) atoms. The van der Waals surface area contributed by atoms with Crippen LogP contribution in [0.15, 0.2) is 54.6 Å². The van der Waals surface area contributed by atoms with Crippen LogP contribution in [0.5, 0.6) is 5.75 Å². The number of amides is 1. The Kier molecular flexibility index (Phi) is 4.18. The van der Waals surface area contributed by atoms with Gasteiger partial charge in [0.05, 0.1) is 0 Å². The molecular formula is C16H17NO2. The molecule has 0 radical (unpaired) electrons. The van der Waals surface area contributed by atoms with Gasteiger partial charge < -0.3 is 9.64 Å². The summed E-state index contributed by atoms with van der Waals surface area (Å²) in [7, 11) is 3.47. The largest absolute Gasteiger partial charge is 0.489 e. The van der Waals surface area contributed by atoms with Gasteiger partial charge in [0.15, 0.2) is 0 Å². The lowest BCUT2D eigenvalue weighted by Crippen LogP contribution is -2.21. The summed E-state index contributed by atoms with van der Waals surface area (Å²) >= 11 is 0. The Morgan fingerprint density at radius 1 is 1.05 bits per heavy atom. The van der Waals surface area contributed by atoms with Crippen molar-refractivity contribution in [3.63, 3.8) is 0 Å². The molecule has 0 aromatic heterocycles. The molecule has 3 heteroatoms. The molecule has 1 amide bonds. The Hall–Kier alpha value is -2.29. The molecule has 0 fully saturated rings. The van der Waals surface area contributed by atoms with Gasteiger partial charge in [-0.2, -0.15) is 0 Å². The van der Waals surface area contributed by atoms with E-state index >= 15 is 0 Å². The Balaban J connectivity index is 2.05. The predicted molar refractivity (Wildman–Crippen MR) is 75.2 cm³/mol. The number of benzene rings is 2. The zero-order valence-electron chi connectivity index (χ0n) is 11.2. The summed E-state index contributed by atoms with van der Waals surface area (Å²) in [5.41, 5.74) is 1.74. The minimum Gasteiger partial charge on any atom is -0.489 e. The monoisotopic (exact) mass is 255 g/mol. The maximum absolute atomic E-state index is 11.8. The average Bonchev–Trinajstić information content (AvgIpc) is 2.45. The molecule has 2 aromatic carbocycles. The van der Waals surface area contributed by atoms with Crippen LogP contribution < -0.4 is 4.74 Å². The van der Waals surface area contributed by atoms with Crippen molar-refractivity contribution in [1.82, 2.24) is 4.90 Å². The molecule has 0 N–H and O–H groups in total. The van der Waals surface area contributed by atoms with E-state index in [4.69, 9.17) is 4.74 Å². The number of hydrogen-bond acceptors (Lipinski definition) is 2. The van der Waals surface area contributed by atoms with Crippen molar-refractivity contribution in [2.24, 2.45) is 0 Å². The number of rotatable bonds is 4. The second kappa shape index (κ2) is 6.05. The minimum atomic E-state index is -0.0230. The van der Waals surface area contributed by atoms with E-state index in [1.807, 2.05) is 42.5 Å². The van der Waals surface area contributed by atoms with Crippen LogP contribution in [0.4, 0.5) is 0 Å². The van der Waals surface area contributed by atoms with Gasteiger partial charge in [-0.3, -0.25) is 4.79 Å². The zero-order chi connectivity index (χ0) is 13.7. The van der Waals surface area contributed by atoms with Gasteiger partial charge in [0.1, 0.15) is 12.4 Å². The fourth-order valence-electron chi connectivity index (χ4n) is 1.72. The fraction of sp³-hybridized carbons (Fsp3) is 0.188. The molecule has 0 saturated heterocycles. The van der Waals surface area contributed by atoms with E-state index in [2.05, 4.69) is 0 Å². The Bertz CT molecular complexity index is 550. The lowest BCUT2D eigenvalue weighted by atomic mass is 10.2. The SMILES string of the molecule is CN(C)C(=O)c1cccc(OCc2ccccc2)c1. The van der Waals surface area contributed by atoms with Crippen molar-refractivity contribution in [2.75, 3.05) is 14.1 Å². The highest BCUT2D eigenvalue weighted by molar-refractivity contribution is 5.94. The number of nitrogens with zero attached hydrogens (tertiary/aromatic N) is 1. The third-order valence-corrected chi connectivity index (χ3v) is 2.74. The smallest absolute Gasteiger partial charge is 0.253 e. The number of carbonyl (C=O) groups is 1. The van der Waals surface area contributed by atoms with Crippen molar-refractivity contribution in [1.29, 1.82) is 0 Å². The summed E-state index contributed by atoms with van der Waals surface area (Å²) in [4.78, 5) is 13.4. The lowest BCUT2D eigenvalue weighted by molar-refractivity contribution is 0.0827. The fourth-order valence-corrected chi connectivity index (χ4v) is 1.72. The highest BCUT2D eigenvalue weighted by Crippen LogP contribution is 2.16. The second-order valence-electron chi connectivity index (χ2n) is 4.50. The number of hydrogen-bond donors (Lipinski definition) is 0. The summed E-state index contributed by atoms with van der Waals surface area (Å²) < 4.78 is 5.69. The lowest BCUT2D eigenvalue weighted by Gasteiger charge is -2.11. The van der Waals surface area contributed by atoms with Crippen LogP contribution in [0.25, 0.3) is 0 Å². The normalized spacial score (nSPS) is 10.0. The van der Waals surface area contributed by atoms with Gasteiger partial charge >= 0.3 is 0 Å². The average molecular weight is 255 g/mol. The van der Waals surface area contributed by atoms with E-state index in [0.29, 0.717) is 17.9 Å². The van der Waals surface area contributed by atoms with E-state index < -0.39 is 0 Å². The summed E-state index contributed by atoms with van der Waals surface area (Å²) in [6.07, 6.45) is 0. The highest BCUT2D eigenvalue weighted by atomic mass is 16.5. The third kappa shape index (κ3) is 3.58. The van der Waals surface area contributed by atoms with Gasteiger partial charge in [0, 0.05) is 19.7 Å². The van der Waals surface area contributed by atoms with Crippen molar-refractivity contribution in [3.8, 4) is 5.75 Å². The topological polar surface area (TPSA) is 29.5 Å². The van der Waals surface area contributed by atoms with Crippen LogP contribution in [0.1, 0.15) is 15.9 Å². The standard InChI is InChI=1S/C16H17NO2/c1-17(2)16(18)14-9-6-10-15(11-14)19-12-13-7-4-3-5-8-13/h3-11H,12H2,1-2H3. The summed E-state index contributed by atoms with van der Waals surface area (Å²) in [5, 5.41) is 0. The minimum absolute atomic E-state index is 0.0230. The summed E-state index contributed by atoms with van der Waals surface area (Å²) in [6, 6.07) is 17.2. The molecule has 0 aliphatic heterocycles. The molecule has 0 spiro atoms. The molecule has 0 aliphatic carbocycles. The second-order valence-corrected chi connectivity index (χ2v) is 4.50. The number of carbonyl (C=O) groups excluding carboxylic acids is 1. The molecule has 98 valence electrons. The number of ether oxygens (including phenoxy) is 1. The maximum Gasteiger partial charge on any atom is 0.253 e. The Morgan fingerprint density at radius 2 is 1.79 bits per heavy atom. The highest BCUT2D eigenvalue weighted by Gasteiger charge is 2.08. The molecule has 0 unspecified atom stereocenters. The molecule has 2 aromatic rings. The van der Waals surface area contributed by atoms with Crippen LogP contribution in [0, 0.1) is 0 Å². The predicted octanol–water partition coefficient (Wildman–Crippen LogP) is 2.97. The van der Waals surface area contributed by atoms with Crippen LogP contribution in [-0.2, 0) is 6.61 Å². The van der Waals surface area contributed by atoms with Gasteiger partial charge in [-0.25, -0.2) is 0 Å². The third-order valence-electron chi connectivity index (χ3n) is 2.74. The summed E-state index contributed by atoms with van der Waals surface area (Å²) in [5.74, 6) is 0.682. The molecule has 0 bridgehead atoms. The van der Waals surface area contributed by atoms with Crippen molar-refractivity contribution in [3.05, 3.63) is 65.7 Å². The maximum atomic E-state index is 11.8. The quantitative estimate of drug-likeness (QED) is 0.840. The molecule has 0 saturated carbocycles. The van der Waals surface area contributed by atoms with E-state index in [1.165, 1.54) is 0 Å². The first-order chi connectivity index (χ1) is 9.16. The first-order valence-corrected chi connectivity index (χ1v) is 6.15. The first-order valence-electron chi connectivity index (χ1n) is 6.15. The van der Waals surface area contributed by atoms with Crippen LogP contribution in [0.2, 0.25) is 0 Å². The molecule has 3 nitrogen and oxygen atoms in total. The van der Waals surface area contributed by atoms with E-state index in [0.717, 1.165) is 5.56 Å². The molecule has 0 heterocycles. The van der Waals surface area contributed by atoms with Gasteiger partial charge in [0.25, 0.3) is 5.91 Å². The van der Waals surface area contributed by atoms with E-state index in [1.54, 1.807) is 31.1 Å². The molecule has 0 aliphatic rings. The summed E-state index contributed by atoms with van der Waals surface area (Å²) in [6.45, 7) is 0.500. The van der Waals surface area contributed by atoms with E-state index in [-0.39, 0.29) is 5.91 Å². The van der Waals surface area contributed by atoms with E-state index in [9.17, 15) is 4.79 Å². The first kappa shape index (κ1) is 13.1. The molecule has 2 rings (SSSR count). The van der Waals surface area contributed by atoms with Crippen molar-refractivity contribution >= 4 is 5.91 Å². The Labute approximate surface area is 113 Å². The van der Waals surface area contributed by atoms with Gasteiger partial charge in [-0.05, 0) is 23.8 Å². The van der Waals surface area contributed by atoms with Crippen molar-refractivity contribution in [2.45, 2.75) is 6.61 Å². The van der Waals surface area contributed by atoms with Crippen LogP contribution >= 0.6 is 0 Å². The van der Waals surface area contributed by atoms with Crippen LogP contribution in [-0.4, -0.2) is 24.9 Å². The zero-order valence-corrected chi connectivity index (χ0v) is 11.2. The van der Waals surface area contributed by atoms with Gasteiger partial charge in [-0.1, -0.05) is 36.4 Å². The van der Waals surface area contributed by atoms with Crippen molar-refractivity contribution < 1.29 is 9.53 Å². The van der Waals surface area contributed by atoms with Gasteiger partial charge in [0.2, 0.25) is 0 Å². The Morgan fingerprint density at radius 3 is 2.47 bits per heavy atom.